The standard InChI is InChI=1S/C17H23NO4/c1-4-8-15(21-11-13-9-6-5-7-10-13)14-12-22-17(2,3)18(14)16(19)20/h4-7,9-10,14-15H,1,8,11-12H2,2-3H3,(H,19,20)/t14?,15-/m1/s1. The summed E-state index contributed by atoms with van der Waals surface area (Å²) in [7, 11) is 0. The molecule has 1 fully saturated rings. The van der Waals surface area contributed by atoms with Crippen LogP contribution in [-0.2, 0) is 16.1 Å². The Kier molecular flexibility index (Phi) is 5.21. The van der Waals surface area contributed by atoms with Crippen molar-refractivity contribution in [2.45, 2.75) is 44.7 Å². The van der Waals surface area contributed by atoms with E-state index in [1.807, 2.05) is 30.3 Å². The third kappa shape index (κ3) is 3.67. The fourth-order valence-corrected chi connectivity index (χ4v) is 2.76. The van der Waals surface area contributed by atoms with Crippen molar-refractivity contribution in [3.8, 4) is 0 Å². The van der Waals surface area contributed by atoms with Crippen LogP contribution in [0.5, 0.6) is 0 Å². The summed E-state index contributed by atoms with van der Waals surface area (Å²) >= 11 is 0. The van der Waals surface area contributed by atoms with Crippen molar-refractivity contribution in [1.29, 1.82) is 0 Å². The van der Waals surface area contributed by atoms with Gasteiger partial charge in [-0.2, -0.15) is 0 Å². The van der Waals surface area contributed by atoms with Gasteiger partial charge in [-0.15, -0.1) is 6.58 Å². The highest BCUT2D eigenvalue weighted by molar-refractivity contribution is 5.66. The zero-order chi connectivity index (χ0) is 16.2. The van der Waals surface area contributed by atoms with Crippen LogP contribution in [0.2, 0.25) is 0 Å². The summed E-state index contributed by atoms with van der Waals surface area (Å²) in [6.45, 7) is 8.01. The van der Waals surface area contributed by atoms with E-state index in [1.165, 1.54) is 4.90 Å². The molecule has 0 radical (unpaired) electrons. The highest BCUT2D eigenvalue weighted by Gasteiger charge is 2.47. The average Bonchev–Trinajstić information content (AvgIpc) is 2.80. The maximum atomic E-state index is 11.6. The molecule has 1 heterocycles. The summed E-state index contributed by atoms with van der Waals surface area (Å²) in [5.41, 5.74) is 0.211. The lowest BCUT2D eigenvalue weighted by atomic mass is 10.1. The summed E-state index contributed by atoms with van der Waals surface area (Å²) in [5.74, 6) is 0. The van der Waals surface area contributed by atoms with Crippen molar-refractivity contribution < 1.29 is 19.4 Å². The van der Waals surface area contributed by atoms with Gasteiger partial charge in [-0.1, -0.05) is 36.4 Å². The van der Waals surface area contributed by atoms with Gasteiger partial charge in [0.05, 0.1) is 25.4 Å². The molecule has 1 aromatic carbocycles. The normalized spacial score (nSPS) is 21.5. The fraction of sp³-hybridized carbons (Fsp3) is 0.471. The van der Waals surface area contributed by atoms with E-state index in [2.05, 4.69) is 6.58 Å². The molecule has 2 atom stereocenters. The van der Waals surface area contributed by atoms with Gasteiger partial charge in [-0.25, -0.2) is 4.79 Å². The SMILES string of the molecule is C=CC[C@@H](OCc1ccccc1)C1COC(C)(C)N1C(=O)O. The second-order valence-corrected chi connectivity index (χ2v) is 5.84. The molecule has 1 aliphatic heterocycles. The van der Waals surface area contributed by atoms with Crippen molar-refractivity contribution in [1.82, 2.24) is 4.90 Å². The van der Waals surface area contributed by atoms with Crippen LogP contribution in [0.4, 0.5) is 4.79 Å². The Balaban J connectivity index is 2.10. The highest BCUT2D eigenvalue weighted by Crippen LogP contribution is 2.31. The van der Waals surface area contributed by atoms with Crippen LogP contribution >= 0.6 is 0 Å². The van der Waals surface area contributed by atoms with E-state index < -0.39 is 11.8 Å². The minimum absolute atomic E-state index is 0.282. The van der Waals surface area contributed by atoms with Gasteiger partial charge in [0.2, 0.25) is 0 Å². The molecule has 120 valence electrons. The highest BCUT2D eigenvalue weighted by atomic mass is 16.5. The van der Waals surface area contributed by atoms with E-state index in [9.17, 15) is 9.90 Å². The first-order chi connectivity index (χ1) is 10.5. The van der Waals surface area contributed by atoms with Gasteiger partial charge in [-0.05, 0) is 25.8 Å². The van der Waals surface area contributed by atoms with Gasteiger partial charge in [0.25, 0.3) is 0 Å². The zero-order valence-electron chi connectivity index (χ0n) is 13.1. The Morgan fingerprint density at radius 3 is 2.82 bits per heavy atom. The number of ether oxygens (including phenoxy) is 2. The van der Waals surface area contributed by atoms with Gasteiger partial charge in [-0.3, -0.25) is 4.90 Å². The lowest BCUT2D eigenvalue weighted by Crippen LogP contribution is -2.51. The minimum Gasteiger partial charge on any atom is -0.465 e. The van der Waals surface area contributed by atoms with E-state index >= 15 is 0 Å². The lowest BCUT2D eigenvalue weighted by Gasteiger charge is -2.34. The molecule has 0 bridgehead atoms. The predicted molar refractivity (Wildman–Crippen MR) is 83.5 cm³/mol. The Morgan fingerprint density at radius 1 is 1.55 bits per heavy atom. The molecule has 2 rings (SSSR count). The molecule has 5 heteroatoms. The molecule has 0 spiro atoms. The molecule has 1 N–H and O–H groups in total. The molecular weight excluding hydrogens is 282 g/mol. The molecule has 22 heavy (non-hydrogen) atoms. The lowest BCUT2D eigenvalue weighted by molar-refractivity contribution is -0.0534. The van der Waals surface area contributed by atoms with Crippen molar-refractivity contribution >= 4 is 6.09 Å². The maximum Gasteiger partial charge on any atom is 0.409 e. The van der Waals surface area contributed by atoms with Crippen molar-refractivity contribution in [3.63, 3.8) is 0 Å². The van der Waals surface area contributed by atoms with Crippen molar-refractivity contribution in [2.75, 3.05) is 6.61 Å². The maximum absolute atomic E-state index is 11.6. The first kappa shape index (κ1) is 16.5. The molecule has 1 saturated heterocycles. The van der Waals surface area contributed by atoms with E-state index in [4.69, 9.17) is 9.47 Å². The Bertz CT molecular complexity index is 515. The summed E-state index contributed by atoms with van der Waals surface area (Å²) < 4.78 is 11.6. The first-order valence-electron chi connectivity index (χ1n) is 7.38. The van der Waals surface area contributed by atoms with Crippen LogP contribution in [-0.4, -0.2) is 40.6 Å². The molecule has 1 unspecified atom stereocenters. The summed E-state index contributed by atoms with van der Waals surface area (Å²) in [5, 5.41) is 9.49. The zero-order valence-corrected chi connectivity index (χ0v) is 13.1. The number of carbonyl (C=O) groups is 1. The van der Waals surface area contributed by atoms with Crippen LogP contribution in [0.25, 0.3) is 0 Å². The van der Waals surface area contributed by atoms with E-state index in [1.54, 1.807) is 19.9 Å². The number of nitrogens with zero attached hydrogens (tertiary/aromatic N) is 1. The quantitative estimate of drug-likeness (QED) is 0.820. The number of carboxylic acid groups (broad SMARTS) is 1. The van der Waals surface area contributed by atoms with Gasteiger partial charge >= 0.3 is 6.09 Å². The third-order valence-electron chi connectivity index (χ3n) is 3.86. The monoisotopic (exact) mass is 305 g/mol. The van der Waals surface area contributed by atoms with Crippen molar-refractivity contribution in [2.24, 2.45) is 0 Å². The summed E-state index contributed by atoms with van der Waals surface area (Å²) in [4.78, 5) is 12.9. The Labute approximate surface area is 131 Å². The van der Waals surface area contributed by atoms with Gasteiger partial charge < -0.3 is 14.6 Å². The number of rotatable bonds is 6. The van der Waals surface area contributed by atoms with Gasteiger partial charge in [0, 0.05) is 0 Å². The molecule has 1 aliphatic rings. The van der Waals surface area contributed by atoms with Crippen LogP contribution in [0.15, 0.2) is 43.0 Å². The largest absolute Gasteiger partial charge is 0.465 e. The second-order valence-electron chi connectivity index (χ2n) is 5.84. The number of hydrogen-bond acceptors (Lipinski definition) is 3. The summed E-state index contributed by atoms with van der Waals surface area (Å²) in [6, 6.07) is 9.47. The number of benzene rings is 1. The fourth-order valence-electron chi connectivity index (χ4n) is 2.76. The van der Waals surface area contributed by atoms with Crippen LogP contribution in [0, 0.1) is 0 Å². The molecule has 1 amide bonds. The molecule has 0 saturated carbocycles. The Morgan fingerprint density at radius 2 is 2.23 bits per heavy atom. The molecule has 0 aromatic heterocycles. The minimum atomic E-state index is -0.995. The van der Waals surface area contributed by atoms with E-state index in [0.29, 0.717) is 19.6 Å². The average molecular weight is 305 g/mol. The number of hydrogen-bond donors (Lipinski definition) is 1. The third-order valence-corrected chi connectivity index (χ3v) is 3.86. The van der Waals surface area contributed by atoms with Crippen LogP contribution < -0.4 is 0 Å². The van der Waals surface area contributed by atoms with E-state index in [-0.39, 0.29) is 12.1 Å². The van der Waals surface area contributed by atoms with Crippen molar-refractivity contribution in [3.05, 3.63) is 48.6 Å². The summed E-state index contributed by atoms with van der Waals surface area (Å²) in [6.07, 6.45) is 1.04. The number of amides is 1. The predicted octanol–water partition coefficient (Wildman–Crippen LogP) is 3.26. The second kappa shape index (κ2) is 6.94. The smallest absolute Gasteiger partial charge is 0.409 e. The topological polar surface area (TPSA) is 59.0 Å². The van der Waals surface area contributed by atoms with Crippen LogP contribution in [0.3, 0.4) is 0 Å². The van der Waals surface area contributed by atoms with Crippen LogP contribution in [0.1, 0.15) is 25.8 Å². The van der Waals surface area contributed by atoms with E-state index in [0.717, 1.165) is 5.56 Å². The molecular formula is C17H23NO4. The Hall–Kier alpha value is -1.85. The molecule has 0 aliphatic carbocycles. The molecule has 1 aromatic rings. The van der Waals surface area contributed by atoms with Gasteiger partial charge in [0.1, 0.15) is 5.72 Å². The molecule has 5 nitrogen and oxygen atoms in total. The van der Waals surface area contributed by atoms with Gasteiger partial charge in [0.15, 0.2) is 0 Å². The first-order valence-corrected chi connectivity index (χ1v) is 7.38.